The third kappa shape index (κ3) is 2.16. The molecule has 0 aliphatic heterocycles. The van der Waals surface area contributed by atoms with Gasteiger partial charge in [-0.05, 0) is 32.3 Å². The van der Waals surface area contributed by atoms with Crippen molar-refractivity contribution in [3.8, 4) is 11.4 Å². The highest BCUT2D eigenvalue weighted by atomic mass is 16.5. The lowest BCUT2D eigenvalue weighted by molar-refractivity contribution is 0.353. The molecule has 3 rings (SSSR count). The zero-order chi connectivity index (χ0) is 12.5. The highest BCUT2D eigenvalue weighted by Gasteiger charge is 2.27. The van der Waals surface area contributed by atoms with Crippen molar-refractivity contribution in [2.75, 3.05) is 0 Å². The van der Waals surface area contributed by atoms with Crippen molar-refractivity contribution in [2.24, 2.45) is 5.73 Å². The Morgan fingerprint density at radius 2 is 2.22 bits per heavy atom. The normalized spacial score (nSPS) is 23.4. The molecule has 0 amide bonds. The highest BCUT2D eigenvalue weighted by molar-refractivity contribution is 5.55. The maximum absolute atomic E-state index is 5.91. The van der Waals surface area contributed by atoms with Gasteiger partial charge in [-0.2, -0.15) is 4.98 Å². The number of benzene rings is 1. The van der Waals surface area contributed by atoms with Gasteiger partial charge in [-0.15, -0.1) is 0 Å². The van der Waals surface area contributed by atoms with E-state index in [-0.39, 0.29) is 6.04 Å². The van der Waals surface area contributed by atoms with Crippen molar-refractivity contribution in [1.29, 1.82) is 0 Å². The predicted octanol–water partition coefficient (Wildman–Crippen LogP) is 2.64. The summed E-state index contributed by atoms with van der Waals surface area (Å²) >= 11 is 0. The molecule has 4 nitrogen and oxygen atoms in total. The van der Waals surface area contributed by atoms with Crippen LogP contribution in [0, 0.1) is 6.92 Å². The van der Waals surface area contributed by atoms with Gasteiger partial charge < -0.3 is 10.3 Å². The van der Waals surface area contributed by atoms with Crippen molar-refractivity contribution in [3.05, 3.63) is 35.7 Å². The molecule has 2 atom stereocenters. The zero-order valence-corrected chi connectivity index (χ0v) is 10.5. The first-order valence-electron chi connectivity index (χ1n) is 6.38. The summed E-state index contributed by atoms with van der Waals surface area (Å²) in [5.41, 5.74) is 8.11. The molecule has 1 aromatic carbocycles. The standard InChI is InChI=1S/C14H17N3O/c1-9-3-2-4-10(7-9)13-16-14(18-17-13)11-5-6-12(15)8-11/h2-4,7,11-12H,5-6,8,15H2,1H3. The van der Waals surface area contributed by atoms with E-state index >= 15 is 0 Å². The fourth-order valence-electron chi connectivity index (χ4n) is 2.54. The van der Waals surface area contributed by atoms with Crippen LogP contribution in [0.15, 0.2) is 28.8 Å². The molecule has 1 heterocycles. The summed E-state index contributed by atoms with van der Waals surface area (Å²) in [6, 6.07) is 8.41. The third-order valence-corrected chi connectivity index (χ3v) is 3.54. The highest BCUT2D eigenvalue weighted by Crippen LogP contribution is 2.33. The monoisotopic (exact) mass is 243 g/mol. The number of nitrogens with two attached hydrogens (primary N) is 1. The summed E-state index contributed by atoms with van der Waals surface area (Å²) in [6.07, 6.45) is 3.05. The second-order valence-corrected chi connectivity index (χ2v) is 5.10. The van der Waals surface area contributed by atoms with Gasteiger partial charge in [0.2, 0.25) is 11.7 Å². The Kier molecular flexibility index (Phi) is 2.88. The molecule has 0 spiro atoms. The maximum Gasteiger partial charge on any atom is 0.230 e. The maximum atomic E-state index is 5.91. The van der Waals surface area contributed by atoms with E-state index < -0.39 is 0 Å². The molecule has 2 N–H and O–H groups in total. The SMILES string of the molecule is Cc1cccc(-c2noc(C3CCC(N)C3)n2)c1. The van der Waals surface area contributed by atoms with Crippen LogP contribution in [-0.2, 0) is 0 Å². The molecule has 0 bridgehead atoms. The third-order valence-electron chi connectivity index (χ3n) is 3.54. The smallest absolute Gasteiger partial charge is 0.230 e. The molecule has 1 aromatic heterocycles. The summed E-state index contributed by atoms with van der Waals surface area (Å²) in [5, 5.41) is 4.07. The first-order chi connectivity index (χ1) is 8.72. The topological polar surface area (TPSA) is 64.9 Å². The minimum atomic E-state index is 0.282. The molecule has 2 aromatic rings. The van der Waals surface area contributed by atoms with Gasteiger partial charge in [-0.1, -0.05) is 28.9 Å². The molecule has 1 aliphatic rings. The predicted molar refractivity (Wildman–Crippen MR) is 69.0 cm³/mol. The van der Waals surface area contributed by atoms with Gasteiger partial charge in [0.1, 0.15) is 0 Å². The average molecular weight is 243 g/mol. The summed E-state index contributed by atoms with van der Waals surface area (Å²) in [6.45, 7) is 2.06. The van der Waals surface area contributed by atoms with E-state index in [4.69, 9.17) is 10.3 Å². The van der Waals surface area contributed by atoms with Crippen LogP contribution in [0.4, 0.5) is 0 Å². The zero-order valence-electron chi connectivity index (χ0n) is 10.5. The van der Waals surface area contributed by atoms with Crippen LogP contribution < -0.4 is 5.73 Å². The number of nitrogens with zero attached hydrogens (tertiary/aromatic N) is 2. The van der Waals surface area contributed by atoms with Crippen LogP contribution in [0.3, 0.4) is 0 Å². The number of hydrogen-bond acceptors (Lipinski definition) is 4. The van der Waals surface area contributed by atoms with Gasteiger partial charge in [-0.3, -0.25) is 0 Å². The number of aryl methyl sites for hydroxylation is 1. The van der Waals surface area contributed by atoms with Gasteiger partial charge in [0.15, 0.2) is 0 Å². The van der Waals surface area contributed by atoms with Crippen molar-refractivity contribution < 1.29 is 4.52 Å². The first kappa shape index (κ1) is 11.4. The van der Waals surface area contributed by atoms with E-state index in [0.717, 1.165) is 30.7 Å². The molecule has 18 heavy (non-hydrogen) atoms. The molecule has 0 saturated heterocycles. The summed E-state index contributed by atoms with van der Waals surface area (Å²) in [4.78, 5) is 4.50. The Bertz CT molecular complexity index is 549. The fourth-order valence-corrected chi connectivity index (χ4v) is 2.54. The molecule has 94 valence electrons. The van der Waals surface area contributed by atoms with Crippen LogP contribution in [0.25, 0.3) is 11.4 Å². The van der Waals surface area contributed by atoms with Crippen LogP contribution in [0.2, 0.25) is 0 Å². The van der Waals surface area contributed by atoms with Gasteiger partial charge in [-0.25, -0.2) is 0 Å². The van der Waals surface area contributed by atoms with E-state index in [1.54, 1.807) is 0 Å². The molecular formula is C14H17N3O. The molecular weight excluding hydrogens is 226 g/mol. The lowest BCUT2D eigenvalue weighted by Crippen LogP contribution is -2.14. The molecule has 0 radical (unpaired) electrons. The van der Waals surface area contributed by atoms with Crippen LogP contribution in [-0.4, -0.2) is 16.2 Å². The molecule has 4 heteroatoms. The van der Waals surface area contributed by atoms with E-state index in [1.807, 2.05) is 12.1 Å². The van der Waals surface area contributed by atoms with Crippen LogP contribution in [0.5, 0.6) is 0 Å². The van der Waals surface area contributed by atoms with Crippen molar-refractivity contribution in [2.45, 2.75) is 38.1 Å². The lowest BCUT2D eigenvalue weighted by Gasteiger charge is -2.01. The molecule has 2 unspecified atom stereocenters. The van der Waals surface area contributed by atoms with Gasteiger partial charge in [0.05, 0.1) is 0 Å². The quantitative estimate of drug-likeness (QED) is 0.880. The van der Waals surface area contributed by atoms with Gasteiger partial charge >= 0.3 is 0 Å². The minimum absolute atomic E-state index is 0.282. The van der Waals surface area contributed by atoms with Crippen LogP contribution >= 0.6 is 0 Å². The largest absolute Gasteiger partial charge is 0.339 e. The van der Waals surface area contributed by atoms with E-state index in [0.29, 0.717) is 11.7 Å². The van der Waals surface area contributed by atoms with Crippen LogP contribution in [0.1, 0.15) is 36.6 Å². The number of rotatable bonds is 2. The lowest BCUT2D eigenvalue weighted by atomic mass is 10.1. The fraction of sp³-hybridized carbons (Fsp3) is 0.429. The van der Waals surface area contributed by atoms with Crippen molar-refractivity contribution in [3.63, 3.8) is 0 Å². The minimum Gasteiger partial charge on any atom is -0.339 e. The van der Waals surface area contributed by atoms with Crippen molar-refractivity contribution in [1.82, 2.24) is 10.1 Å². The van der Waals surface area contributed by atoms with E-state index in [2.05, 4.69) is 29.2 Å². The van der Waals surface area contributed by atoms with Gasteiger partial charge in [0.25, 0.3) is 0 Å². The first-order valence-corrected chi connectivity index (χ1v) is 6.38. The Morgan fingerprint density at radius 3 is 2.94 bits per heavy atom. The van der Waals surface area contributed by atoms with Crippen molar-refractivity contribution >= 4 is 0 Å². The summed E-state index contributed by atoms with van der Waals surface area (Å²) < 4.78 is 5.37. The second-order valence-electron chi connectivity index (χ2n) is 5.10. The van der Waals surface area contributed by atoms with Gasteiger partial charge in [0, 0.05) is 17.5 Å². The summed E-state index contributed by atoms with van der Waals surface area (Å²) in [7, 11) is 0. The Balaban J connectivity index is 1.85. The second kappa shape index (κ2) is 4.53. The summed E-state index contributed by atoms with van der Waals surface area (Å²) in [5.74, 6) is 1.75. The average Bonchev–Trinajstić information content (AvgIpc) is 2.97. The molecule has 1 aliphatic carbocycles. The number of hydrogen-bond donors (Lipinski definition) is 1. The molecule has 1 fully saturated rings. The van der Waals surface area contributed by atoms with E-state index in [1.165, 1.54) is 5.56 Å². The Labute approximate surface area is 106 Å². The molecule has 1 saturated carbocycles. The Morgan fingerprint density at radius 1 is 1.33 bits per heavy atom. The van der Waals surface area contributed by atoms with E-state index in [9.17, 15) is 0 Å². The number of aromatic nitrogens is 2. The Hall–Kier alpha value is -1.68.